The van der Waals surface area contributed by atoms with Crippen molar-refractivity contribution < 1.29 is 9.59 Å². The lowest BCUT2D eigenvalue weighted by atomic mass is 9.95. The number of carbonyl (C=O) groups excluding carboxylic acids is 2. The summed E-state index contributed by atoms with van der Waals surface area (Å²) in [4.78, 5) is 28.6. The van der Waals surface area contributed by atoms with Crippen LogP contribution in [0.1, 0.15) is 40.5 Å². The molecule has 2 saturated heterocycles. The maximum atomic E-state index is 13.1. The molecule has 1 N–H and O–H groups in total. The number of hydrogen-bond donors (Lipinski definition) is 1. The predicted octanol–water partition coefficient (Wildman–Crippen LogP) is 2.59. The normalized spacial score (nSPS) is 17.6. The molecule has 0 atom stereocenters. The summed E-state index contributed by atoms with van der Waals surface area (Å²) in [5.74, 6) is 1.31. The van der Waals surface area contributed by atoms with Gasteiger partial charge in [-0.2, -0.15) is 0 Å². The van der Waals surface area contributed by atoms with E-state index in [2.05, 4.69) is 15.5 Å². The van der Waals surface area contributed by atoms with Gasteiger partial charge in [-0.3, -0.25) is 14.1 Å². The average molecular weight is 404 g/mol. The molecule has 2 aliphatic rings. The molecule has 0 bridgehead atoms. The van der Waals surface area contributed by atoms with Gasteiger partial charge in [-0.05, 0) is 55.7 Å². The van der Waals surface area contributed by atoms with Gasteiger partial charge in [0.1, 0.15) is 5.82 Å². The number of hydrogen-bond acceptors (Lipinski definition) is 4. The van der Waals surface area contributed by atoms with E-state index >= 15 is 0 Å². The molecule has 8 heteroatoms. The zero-order valence-electron chi connectivity index (χ0n) is 16.9. The molecule has 8 nitrogen and oxygen atoms in total. The number of piperidine rings is 1. The standard InChI is InChI=1S/C22H24N6O2/c1-15-14-17(5-6-18(15)27-13-9-23-22(27)30)21(29)26-11-7-16(8-12-26)20-25-24-19-4-2-3-10-28(19)20/h2-6,10,14,16H,7-9,11-13H2,1H3,(H,23,30). The average Bonchev–Trinajstić information content (AvgIpc) is 3.39. The first-order chi connectivity index (χ1) is 14.6. The smallest absolute Gasteiger partial charge is 0.322 e. The Kier molecular flexibility index (Phi) is 4.61. The van der Waals surface area contributed by atoms with Crippen LogP contribution in [0.5, 0.6) is 0 Å². The lowest BCUT2D eigenvalue weighted by molar-refractivity contribution is 0.0711. The van der Waals surface area contributed by atoms with Gasteiger partial charge in [0.15, 0.2) is 5.65 Å². The highest BCUT2D eigenvalue weighted by molar-refractivity contribution is 5.98. The van der Waals surface area contributed by atoms with Gasteiger partial charge >= 0.3 is 6.03 Å². The Balaban J connectivity index is 1.28. The van der Waals surface area contributed by atoms with E-state index < -0.39 is 0 Å². The number of aromatic nitrogens is 3. The largest absolute Gasteiger partial charge is 0.339 e. The molecule has 0 spiro atoms. The quantitative estimate of drug-likeness (QED) is 0.727. The number of benzene rings is 1. The summed E-state index contributed by atoms with van der Waals surface area (Å²) in [6, 6.07) is 11.4. The number of likely N-dealkylation sites (tertiary alicyclic amines) is 1. The molecular weight excluding hydrogens is 380 g/mol. The van der Waals surface area contributed by atoms with Gasteiger partial charge in [-0.1, -0.05) is 6.07 Å². The monoisotopic (exact) mass is 404 g/mol. The molecule has 0 unspecified atom stereocenters. The molecule has 0 aliphatic carbocycles. The number of nitrogens with zero attached hydrogens (tertiary/aromatic N) is 5. The van der Waals surface area contributed by atoms with Crippen molar-refractivity contribution in [3.8, 4) is 0 Å². The molecule has 3 amide bonds. The third-order valence-corrected chi connectivity index (χ3v) is 6.08. The maximum Gasteiger partial charge on any atom is 0.322 e. The molecule has 5 rings (SSSR count). The van der Waals surface area contributed by atoms with E-state index in [0.717, 1.165) is 35.6 Å². The molecule has 154 valence electrons. The van der Waals surface area contributed by atoms with Crippen molar-refractivity contribution in [2.24, 2.45) is 0 Å². The van der Waals surface area contributed by atoms with Crippen LogP contribution < -0.4 is 10.2 Å². The van der Waals surface area contributed by atoms with E-state index in [-0.39, 0.29) is 11.9 Å². The lowest BCUT2D eigenvalue weighted by Gasteiger charge is -2.31. The second-order valence-corrected chi connectivity index (χ2v) is 7.94. The lowest BCUT2D eigenvalue weighted by Crippen LogP contribution is -2.38. The molecule has 1 aromatic carbocycles. The van der Waals surface area contributed by atoms with Crippen LogP contribution >= 0.6 is 0 Å². The number of aryl methyl sites for hydroxylation is 1. The van der Waals surface area contributed by atoms with Crippen LogP contribution in [-0.4, -0.2) is 57.6 Å². The fourth-order valence-corrected chi connectivity index (χ4v) is 4.45. The number of anilines is 1. The van der Waals surface area contributed by atoms with Crippen LogP contribution in [0.15, 0.2) is 42.6 Å². The second-order valence-electron chi connectivity index (χ2n) is 7.94. The van der Waals surface area contributed by atoms with Crippen molar-refractivity contribution in [3.05, 3.63) is 59.5 Å². The highest BCUT2D eigenvalue weighted by Gasteiger charge is 2.28. The van der Waals surface area contributed by atoms with Gasteiger partial charge in [-0.25, -0.2) is 4.79 Å². The van der Waals surface area contributed by atoms with E-state index in [4.69, 9.17) is 0 Å². The van der Waals surface area contributed by atoms with Crippen LogP contribution in [0.2, 0.25) is 0 Å². The molecule has 0 radical (unpaired) electrons. The van der Waals surface area contributed by atoms with Crippen molar-refractivity contribution in [3.63, 3.8) is 0 Å². The van der Waals surface area contributed by atoms with Crippen LogP contribution in [0.25, 0.3) is 5.65 Å². The first-order valence-electron chi connectivity index (χ1n) is 10.4. The summed E-state index contributed by atoms with van der Waals surface area (Å²) in [6.07, 6.45) is 3.73. The van der Waals surface area contributed by atoms with E-state index in [1.165, 1.54) is 0 Å². The van der Waals surface area contributed by atoms with Gasteiger partial charge in [-0.15, -0.1) is 10.2 Å². The molecule has 2 aliphatic heterocycles. The number of amides is 3. The Morgan fingerprint density at radius 1 is 1.10 bits per heavy atom. The number of rotatable bonds is 3. The summed E-state index contributed by atoms with van der Waals surface area (Å²) in [7, 11) is 0. The number of carbonyl (C=O) groups is 2. The van der Waals surface area contributed by atoms with Gasteiger partial charge < -0.3 is 10.2 Å². The summed E-state index contributed by atoms with van der Waals surface area (Å²) >= 11 is 0. The highest BCUT2D eigenvalue weighted by atomic mass is 16.2. The third-order valence-electron chi connectivity index (χ3n) is 6.08. The Morgan fingerprint density at radius 3 is 2.67 bits per heavy atom. The van der Waals surface area contributed by atoms with Crippen LogP contribution in [0, 0.1) is 6.92 Å². The molecule has 30 heavy (non-hydrogen) atoms. The zero-order valence-corrected chi connectivity index (χ0v) is 16.9. The Labute approximate surface area is 174 Å². The number of fused-ring (bicyclic) bond motifs is 1. The minimum Gasteiger partial charge on any atom is -0.339 e. The van der Waals surface area contributed by atoms with Gasteiger partial charge in [0.2, 0.25) is 0 Å². The van der Waals surface area contributed by atoms with Crippen LogP contribution in [0.4, 0.5) is 10.5 Å². The summed E-state index contributed by atoms with van der Waals surface area (Å²) in [6.45, 7) is 4.63. The van der Waals surface area contributed by atoms with E-state index in [0.29, 0.717) is 37.7 Å². The van der Waals surface area contributed by atoms with Crippen molar-refractivity contribution in [2.45, 2.75) is 25.7 Å². The fraction of sp³-hybridized carbons (Fsp3) is 0.364. The summed E-state index contributed by atoms with van der Waals surface area (Å²) in [5.41, 5.74) is 3.32. The third kappa shape index (κ3) is 3.18. The maximum absolute atomic E-state index is 13.1. The predicted molar refractivity (Wildman–Crippen MR) is 113 cm³/mol. The molecule has 3 aromatic rings. The Bertz CT molecular complexity index is 1120. The van der Waals surface area contributed by atoms with E-state index in [9.17, 15) is 9.59 Å². The first-order valence-corrected chi connectivity index (χ1v) is 10.4. The van der Waals surface area contributed by atoms with E-state index in [1.54, 1.807) is 4.90 Å². The minimum absolute atomic E-state index is 0.0417. The molecule has 2 aromatic heterocycles. The Hall–Kier alpha value is -3.42. The SMILES string of the molecule is Cc1cc(C(=O)N2CCC(c3nnc4ccccn34)CC2)ccc1N1CCNC1=O. The number of pyridine rings is 1. The van der Waals surface area contributed by atoms with Gasteiger partial charge in [0.25, 0.3) is 5.91 Å². The Morgan fingerprint density at radius 2 is 1.93 bits per heavy atom. The molecule has 4 heterocycles. The summed E-state index contributed by atoms with van der Waals surface area (Å²) in [5, 5.41) is 11.4. The van der Waals surface area contributed by atoms with Gasteiger partial charge in [0, 0.05) is 49.5 Å². The van der Waals surface area contributed by atoms with Crippen molar-refractivity contribution in [1.82, 2.24) is 24.8 Å². The summed E-state index contributed by atoms with van der Waals surface area (Å²) < 4.78 is 2.04. The van der Waals surface area contributed by atoms with Crippen molar-refractivity contribution >= 4 is 23.3 Å². The van der Waals surface area contributed by atoms with Gasteiger partial charge in [0.05, 0.1) is 0 Å². The number of urea groups is 1. The second kappa shape index (κ2) is 7.44. The highest BCUT2D eigenvalue weighted by Crippen LogP contribution is 2.29. The van der Waals surface area contributed by atoms with Crippen LogP contribution in [-0.2, 0) is 0 Å². The zero-order chi connectivity index (χ0) is 20.7. The molecule has 2 fully saturated rings. The van der Waals surface area contributed by atoms with Crippen molar-refractivity contribution in [1.29, 1.82) is 0 Å². The van der Waals surface area contributed by atoms with Crippen molar-refractivity contribution in [2.75, 3.05) is 31.1 Å². The molecule has 0 saturated carbocycles. The van der Waals surface area contributed by atoms with Crippen LogP contribution in [0.3, 0.4) is 0 Å². The number of nitrogens with one attached hydrogen (secondary N) is 1. The minimum atomic E-state index is -0.0831. The fourth-order valence-electron chi connectivity index (χ4n) is 4.45. The topological polar surface area (TPSA) is 82.8 Å². The molecular formula is C22H24N6O2. The van der Waals surface area contributed by atoms with E-state index in [1.807, 2.05) is 58.8 Å². The first kappa shape index (κ1) is 18.6.